The summed E-state index contributed by atoms with van der Waals surface area (Å²) >= 11 is 3.50. The van der Waals surface area contributed by atoms with Gasteiger partial charge in [-0.05, 0) is 64.8 Å². The number of ether oxygens (including phenoxy) is 1. The summed E-state index contributed by atoms with van der Waals surface area (Å²) in [7, 11) is 1.68. The highest BCUT2D eigenvalue weighted by Gasteiger charge is 2.29. The molecule has 30 heavy (non-hydrogen) atoms. The molecule has 0 aromatic heterocycles. The zero-order valence-corrected chi connectivity index (χ0v) is 19.9. The Labute approximate surface area is 185 Å². The second kappa shape index (κ2) is 9.94. The molecule has 0 spiro atoms. The van der Waals surface area contributed by atoms with E-state index < -0.39 is 22.0 Å². The molecule has 0 aliphatic heterocycles. The van der Waals surface area contributed by atoms with Crippen molar-refractivity contribution in [3.05, 3.63) is 52.5 Å². The molecule has 8 nitrogen and oxygen atoms in total. The summed E-state index contributed by atoms with van der Waals surface area (Å²) in [5, 5.41) is 3.96. The molecular weight excluding hydrogens is 472 g/mol. The van der Waals surface area contributed by atoms with Gasteiger partial charge >= 0.3 is 0 Å². The predicted molar refractivity (Wildman–Crippen MR) is 124 cm³/mol. The van der Waals surface area contributed by atoms with Gasteiger partial charge in [0.2, 0.25) is 10.0 Å². The first kappa shape index (κ1) is 23.7. The van der Waals surface area contributed by atoms with E-state index in [9.17, 15) is 13.2 Å². The Morgan fingerprint density at radius 3 is 2.33 bits per heavy atom. The molecule has 0 radical (unpaired) electrons. The first-order valence-corrected chi connectivity index (χ1v) is 11.6. The lowest BCUT2D eigenvalue weighted by Gasteiger charge is -2.27. The van der Waals surface area contributed by atoms with Gasteiger partial charge in [-0.25, -0.2) is 13.8 Å². The Balaban J connectivity index is 2.15. The number of anilines is 2. The first-order valence-electron chi connectivity index (χ1n) is 8.98. The summed E-state index contributed by atoms with van der Waals surface area (Å²) in [6, 6.07) is 11.1. The molecule has 0 saturated carbocycles. The summed E-state index contributed by atoms with van der Waals surface area (Å²) in [5.41, 5.74) is 4.54. The number of hydrazone groups is 1. The fourth-order valence-corrected chi connectivity index (χ4v) is 4.69. The van der Waals surface area contributed by atoms with E-state index in [0.29, 0.717) is 11.4 Å². The molecule has 0 heterocycles. The topological polar surface area (TPSA) is 91.3 Å². The van der Waals surface area contributed by atoms with E-state index in [2.05, 4.69) is 26.5 Å². The molecule has 0 fully saturated rings. The molecule has 2 aromatic carbocycles. The van der Waals surface area contributed by atoms with E-state index in [1.165, 1.54) is 20.2 Å². The highest BCUT2D eigenvalue weighted by Crippen LogP contribution is 2.25. The molecule has 0 aliphatic carbocycles. The van der Waals surface area contributed by atoms with Crippen LogP contribution in [-0.2, 0) is 14.8 Å². The van der Waals surface area contributed by atoms with Crippen molar-refractivity contribution in [3.63, 3.8) is 0 Å². The molecular formula is C20H25BrN4O4S. The fraction of sp³-hybridized carbons (Fsp3) is 0.300. The summed E-state index contributed by atoms with van der Waals surface area (Å²) in [6.45, 7) is 1.50. The highest BCUT2D eigenvalue weighted by molar-refractivity contribution is 9.10. The second-order valence-electron chi connectivity index (χ2n) is 6.77. The molecule has 10 heteroatoms. The van der Waals surface area contributed by atoms with Crippen molar-refractivity contribution >= 4 is 49.4 Å². The molecule has 0 aliphatic rings. The highest BCUT2D eigenvalue weighted by atomic mass is 79.9. The Hall–Kier alpha value is -2.59. The van der Waals surface area contributed by atoms with Gasteiger partial charge in [0.15, 0.2) is 0 Å². The van der Waals surface area contributed by atoms with Crippen molar-refractivity contribution in [1.29, 1.82) is 0 Å². The number of hydrogen-bond acceptors (Lipinski definition) is 6. The molecule has 1 atom stereocenters. The largest absolute Gasteiger partial charge is 0.497 e. The van der Waals surface area contributed by atoms with E-state index in [4.69, 9.17) is 4.74 Å². The van der Waals surface area contributed by atoms with Crippen LogP contribution < -0.4 is 19.4 Å². The minimum Gasteiger partial charge on any atom is -0.497 e. The van der Waals surface area contributed by atoms with E-state index in [-0.39, 0.29) is 0 Å². The van der Waals surface area contributed by atoms with Crippen LogP contribution in [0.15, 0.2) is 52.0 Å². The number of benzene rings is 2. The normalized spacial score (nSPS) is 12.5. The van der Waals surface area contributed by atoms with Crippen LogP contribution in [0.5, 0.6) is 5.75 Å². The standard InChI is InChI=1S/C20H25BrN4O4S/c1-14(25(30(5,27)28)16-7-9-17(29-4)10-8-16)20(26)23-22-13-15-6-11-19(24(2)3)18(21)12-15/h6-14H,1-5H3,(H,23,26)/b22-13-/t14-/m1/s1. The third-order valence-electron chi connectivity index (χ3n) is 4.26. The number of halogens is 1. The van der Waals surface area contributed by atoms with Gasteiger partial charge in [-0.3, -0.25) is 9.10 Å². The number of carbonyl (C=O) groups is 1. The van der Waals surface area contributed by atoms with Crippen LogP contribution in [0.25, 0.3) is 0 Å². The van der Waals surface area contributed by atoms with Crippen molar-refractivity contribution in [2.45, 2.75) is 13.0 Å². The van der Waals surface area contributed by atoms with E-state index >= 15 is 0 Å². The third-order valence-corrected chi connectivity index (χ3v) is 6.13. The molecule has 0 saturated heterocycles. The Morgan fingerprint density at radius 2 is 1.83 bits per heavy atom. The quantitative estimate of drug-likeness (QED) is 0.448. The van der Waals surface area contributed by atoms with Crippen LogP contribution in [0.1, 0.15) is 12.5 Å². The summed E-state index contributed by atoms with van der Waals surface area (Å²) in [6.07, 6.45) is 2.54. The van der Waals surface area contributed by atoms with E-state index in [1.54, 1.807) is 24.3 Å². The van der Waals surface area contributed by atoms with Gasteiger partial charge in [-0.1, -0.05) is 6.07 Å². The minimum absolute atomic E-state index is 0.355. The lowest BCUT2D eigenvalue weighted by atomic mass is 10.2. The number of hydrogen-bond donors (Lipinski definition) is 1. The smallest absolute Gasteiger partial charge is 0.263 e. The van der Waals surface area contributed by atoms with Crippen molar-refractivity contribution < 1.29 is 17.9 Å². The van der Waals surface area contributed by atoms with Crippen LogP contribution in [0.4, 0.5) is 11.4 Å². The summed E-state index contributed by atoms with van der Waals surface area (Å²) < 4.78 is 31.7. The molecule has 2 rings (SSSR count). The Bertz CT molecular complexity index is 1020. The Kier molecular flexibility index (Phi) is 7.85. The van der Waals surface area contributed by atoms with Crippen molar-refractivity contribution in [2.24, 2.45) is 5.10 Å². The van der Waals surface area contributed by atoms with Crippen LogP contribution in [0, 0.1) is 0 Å². The monoisotopic (exact) mass is 496 g/mol. The van der Waals surface area contributed by atoms with E-state index in [0.717, 1.165) is 26.3 Å². The maximum absolute atomic E-state index is 12.6. The van der Waals surface area contributed by atoms with Gasteiger partial charge in [0.05, 0.1) is 31.0 Å². The molecule has 162 valence electrons. The zero-order valence-electron chi connectivity index (χ0n) is 17.5. The maximum Gasteiger partial charge on any atom is 0.263 e. The molecule has 0 unspecified atom stereocenters. The number of nitrogens with one attached hydrogen (secondary N) is 1. The SMILES string of the molecule is COc1ccc(N([C@H](C)C(=O)N/N=C\c2ccc(N(C)C)c(Br)c2)S(C)(=O)=O)cc1. The van der Waals surface area contributed by atoms with Crippen LogP contribution in [0.3, 0.4) is 0 Å². The minimum atomic E-state index is -3.71. The van der Waals surface area contributed by atoms with Gasteiger partial charge in [-0.15, -0.1) is 0 Å². The maximum atomic E-state index is 12.6. The van der Waals surface area contributed by atoms with E-state index in [1.807, 2.05) is 37.2 Å². The van der Waals surface area contributed by atoms with Gasteiger partial charge in [-0.2, -0.15) is 5.10 Å². The first-order chi connectivity index (χ1) is 14.0. The second-order valence-corrected chi connectivity index (χ2v) is 9.49. The van der Waals surface area contributed by atoms with Crippen molar-refractivity contribution in [2.75, 3.05) is 36.7 Å². The number of amides is 1. The average molecular weight is 497 g/mol. The fourth-order valence-electron chi connectivity index (χ4n) is 2.77. The van der Waals surface area contributed by atoms with Gasteiger partial charge in [0.1, 0.15) is 11.8 Å². The van der Waals surface area contributed by atoms with Crippen LogP contribution >= 0.6 is 15.9 Å². The van der Waals surface area contributed by atoms with Gasteiger partial charge in [0, 0.05) is 18.6 Å². The molecule has 1 amide bonds. The third kappa shape index (κ3) is 5.96. The number of sulfonamides is 1. The van der Waals surface area contributed by atoms with Crippen LogP contribution in [-0.4, -0.2) is 54.0 Å². The number of rotatable bonds is 8. The lowest BCUT2D eigenvalue weighted by molar-refractivity contribution is -0.121. The van der Waals surface area contributed by atoms with Gasteiger partial charge in [0.25, 0.3) is 5.91 Å². The van der Waals surface area contributed by atoms with Crippen molar-refractivity contribution in [1.82, 2.24) is 5.43 Å². The number of carbonyl (C=O) groups excluding carboxylic acids is 1. The molecule has 0 bridgehead atoms. The molecule has 2 aromatic rings. The van der Waals surface area contributed by atoms with Crippen molar-refractivity contribution in [3.8, 4) is 5.75 Å². The average Bonchev–Trinajstić information content (AvgIpc) is 2.67. The summed E-state index contributed by atoms with van der Waals surface area (Å²) in [5.74, 6) is 0.0248. The number of methoxy groups -OCH3 is 1. The predicted octanol–water partition coefficient (Wildman–Crippen LogP) is 2.83. The zero-order chi connectivity index (χ0) is 22.5. The Morgan fingerprint density at radius 1 is 1.20 bits per heavy atom. The van der Waals surface area contributed by atoms with Gasteiger partial charge < -0.3 is 9.64 Å². The van der Waals surface area contributed by atoms with Crippen LogP contribution in [0.2, 0.25) is 0 Å². The molecule has 1 N–H and O–H groups in total. The lowest BCUT2D eigenvalue weighted by Crippen LogP contribution is -2.46. The summed E-state index contributed by atoms with van der Waals surface area (Å²) in [4.78, 5) is 14.5. The number of nitrogens with zero attached hydrogens (tertiary/aromatic N) is 3.